The molecule has 0 saturated carbocycles. The molecule has 2 rings (SSSR count). The van der Waals surface area contributed by atoms with Gasteiger partial charge in [0.15, 0.2) is 5.82 Å². The second-order valence-corrected chi connectivity index (χ2v) is 4.94. The maximum atomic E-state index is 12.1. The number of aromatic amines is 1. The summed E-state index contributed by atoms with van der Waals surface area (Å²) in [4.78, 5) is 35.0. The summed E-state index contributed by atoms with van der Waals surface area (Å²) in [5.41, 5.74) is 2.24. The van der Waals surface area contributed by atoms with Crippen LogP contribution in [0.15, 0.2) is 23.1 Å². The van der Waals surface area contributed by atoms with Gasteiger partial charge >= 0.3 is 5.97 Å². The van der Waals surface area contributed by atoms with Gasteiger partial charge in [0.05, 0.1) is 30.1 Å². The van der Waals surface area contributed by atoms with Crippen LogP contribution in [0.1, 0.15) is 30.9 Å². The predicted octanol–water partition coefficient (Wildman–Crippen LogP) is 1.88. The van der Waals surface area contributed by atoms with Gasteiger partial charge in [0.1, 0.15) is 0 Å². The highest BCUT2D eigenvalue weighted by Gasteiger charge is 2.13. The number of anilines is 2. The van der Waals surface area contributed by atoms with Gasteiger partial charge in [-0.1, -0.05) is 6.92 Å². The van der Waals surface area contributed by atoms with Crippen molar-refractivity contribution >= 4 is 17.5 Å². The Labute approximate surface area is 134 Å². The number of nitrogens with one attached hydrogen (secondary N) is 2. The van der Waals surface area contributed by atoms with Crippen molar-refractivity contribution in [3.8, 4) is 0 Å². The molecule has 0 radical (unpaired) electrons. The maximum absolute atomic E-state index is 12.1. The molecule has 0 saturated heterocycles. The van der Waals surface area contributed by atoms with Gasteiger partial charge in [-0.3, -0.25) is 14.6 Å². The molecule has 0 unspecified atom stereocenters. The standard InChI is InChI=1S/C16H20N4O3/c1-4-11-12(7-6-8-17-11)19-15-16(22)18-10(3)13(20-15)9-14(21)23-5-2/h6-8H,4-5,9H2,1-3H3,(H,18,22)(H,19,20). The van der Waals surface area contributed by atoms with Crippen LogP contribution >= 0.6 is 0 Å². The van der Waals surface area contributed by atoms with Crippen molar-refractivity contribution in [1.29, 1.82) is 0 Å². The second-order valence-electron chi connectivity index (χ2n) is 4.94. The molecule has 7 nitrogen and oxygen atoms in total. The normalized spacial score (nSPS) is 10.4. The molecule has 0 fully saturated rings. The molecule has 0 bridgehead atoms. The van der Waals surface area contributed by atoms with Crippen LogP contribution in [0.5, 0.6) is 0 Å². The molecule has 0 aliphatic rings. The van der Waals surface area contributed by atoms with Crippen molar-refractivity contribution in [2.75, 3.05) is 11.9 Å². The molecule has 0 aliphatic carbocycles. The van der Waals surface area contributed by atoms with E-state index in [0.29, 0.717) is 18.0 Å². The molecule has 2 N–H and O–H groups in total. The quantitative estimate of drug-likeness (QED) is 0.790. The molecule has 0 aromatic carbocycles. The van der Waals surface area contributed by atoms with Crippen LogP contribution in [0.2, 0.25) is 0 Å². The zero-order chi connectivity index (χ0) is 16.8. The lowest BCUT2D eigenvalue weighted by Gasteiger charge is -2.11. The number of carbonyl (C=O) groups is 1. The van der Waals surface area contributed by atoms with Crippen molar-refractivity contribution in [2.24, 2.45) is 0 Å². The first kappa shape index (κ1) is 16.7. The average Bonchev–Trinajstić information content (AvgIpc) is 2.52. The summed E-state index contributed by atoms with van der Waals surface area (Å²) in [6, 6.07) is 3.61. The molecule has 0 amide bonds. The van der Waals surface area contributed by atoms with Gasteiger partial charge in [-0.05, 0) is 32.4 Å². The van der Waals surface area contributed by atoms with Gasteiger partial charge in [-0.25, -0.2) is 4.98 Å². The van der Waals surface area contributed by atoms with E-state index < -0.39 is 0 Å². The molecule has 2 aromatic rings. The number of nitrogens with zero attached hydrogens (tertiary/aromatic N) is 2. The molecule has 2 heterocycles. The molecule has 0 atom stereocenters. The van der Waals surface area contributed by atoms with Crippen molar-refractivity contribution < 1.29 is 9.53 Å². The number of hydrogen-bond donors (Lipinski definition) is 2. The van der Waals surface area contributed by atoms with Crippen molar-refractivity contribution in [2.45, 2.75) is 33.6 Å². The predicted molar refractivity (Wildman–Crippen MR) is 86.8 cm³/mol. The molecule has 0 spiro atoms. The van der Waals surface area contributed by atoms with Crippen LogP contribution in [0.4, 0.5) is 11.5 Å². The zero-order valence-corrected chi connectivity index (χ0v) is 13.5. The summed E-state index contributed by atoms with van der Waals surface area (Å²) in [5, 5.41) is 3.00. The maximum Gasteiger partial charge on any atom is 0.311 e. The Hall–Kier alpha value is -2.70. The smallest absolute Gasteiger partial charge is 0.311 e. The Morgan fingerprint density at radius 1 is 1.35 bits per heavy atom. The molecular formula is C16H20N4O3. The highest BCUT2D eigenvalue weighted by molar-refractivity contribution is 5.72. The van der Waals surface area contributed by atoms with Gasteiger partial charge in [0, 0.05) is 11.9 Å². The monoisotopic (exact) mass is 316 g/mol. The number of H-pyrrole nitrogens is 1. The van der Waals surface area contributed by atoms with E-state index in [9.17, 15) is 9.59 Å². The van der Waals surface area contributed by atoms with Crippen molar-refractivity contribution in [3.05, 3.63) is 45.8 Å². The van der Waals surface area contributed by atoms with E-state index >= 15 is 0 Å². The summed E-state index contributed by atoms with van der Waals surface area (Å²) < 4.78 is 4.92. The highest BCUT2D eigenvalue weighted by Crippen LogP contribution is 2.16. The van der Waals surface area contributed by atoms with Gasteiger partial charge in [-0.2, -0.15) is 0 Å². The molecular weight excluding hydrogens is 296 g/mol. The Morgan fingerprint density at radius 2 is 2.13 bits per heavy atom. The first-order valence-corrected chi connectivity index (χ1v) is 7.51. The molecule has 23 heavy (non-hydrogen) atoms. The van der Waals surface area contributed by atoms with E-state index in [-0.39, 0.29) is 23.8 Å². The highest BCUT2D eigenvalue weighted by atomic mass is 16.5. The van der Waals surface area contributed by atoms with Crippen LogP contribution < -0.4 is 10.9 Å². The van der Waals surface area contributed by atoms with Gasteiger partial charge in [0.2, 0.25) is 0 Å². The summed E-state index contributed by atoms with van der Waals surface area (Å²) in [6.07, 6.45) is 2.43. The van der Waals surface area contributed by atoms with E-state index in [0.717, 1.165) is 17.8 Å². The molecule has 7 heteroatoms. The largest absolute Gasteiger partial charge is 0.466 e. The number of esters is 1. The van der Waals surface area contributed by atoms with E-state index in [1.54, 1.807) is 26.1 Å². The number of aryl methyl sites for hydroxylation is 2. The first-order chi connectivity index (χ1) is 11.0. The van der Waals surface area contributed by atoms with Crippen LogP contribution in [0.25, 0.3) is 0 Å². The Morgan fingerprint density at radius 3 is 2.83 bits per heavy atom. The van der Waals surface area contributed by atoms with Crippen LogP contribution in [-0.4, -0.2) is 27.5 Å². The fourth-order valence-corrected chi connectivity index (χ4v) is 2.14. The van der Waals surface area contributed by atoms with E-state index in [1.807, 2.05) is 13.0 Å². The summed E-state index contributed by atoms with van der Waals surface area (Å²) >= 11 is 0. The third-order valence-corrected chi connectivity index (χ3v) is 3.29. The fourth-order valence-electron chi connectivity index (χ4n) is 2.14. The third kappa shape index (κ3) is 4.15. The lowest BCUT2D eigenvalue weighted by molar-refractivity contribution is -0.142. The Bertz CT molecular complexity index is 755. The van der Waals surface area contributed by atoms with Gasteiger partial charge < -0.3 is 15.0 Å². The minimum atomic E-state index is -0.378. The minimum Gasteiger partial charge on any atom is -0.466 e. The topological polar surface area (TPSA) is 97.0 Å². The summed E-state index contributed by atoms with van der Waals surface area (Å²) in [5.74, 6) is -0.241. The molecule has 2 aromatic heterocycles. The van der Waals surface area contributed by atoms with E-state index in [2.05, 4.69) is 20.3 Å². The number of carbonyl (C=O) groups excluding carboxylic acids is 1. The third-order valence-electron chi connectivity index (χ3n) is 3.29. The number of hydrogen-bond acceptors (Lipinski definition) is 6. The lowest BCUT2D eigenvalue weighted by atomic mass is 10.2. The van der Waals surface area contributed by atoms with Crippen molar-refractivity contribution in [3.63, 3.8) is 0 Å². The van der Waals surface area contributed by atoms with Gasteiger partial charge in [0.25, 0.3) is 5.56 Å². The van der Waals surface area contributed by atoms with Crippen LogP contribution in [0.3, 0.4) is 0 Å². The Balaban J connectivity index is 2.32. The number of aromatic nitrogens is 3. The SMILES string of the molecule is CCOC(=O)Cc1nc(Nc2cccnc2CC)c(=O)[nH]c1C. The van der Waals surface area contributed by atoms with E-state index in [4.69, 9.17) is 4.74 Å². The lowest BCUT2D eigenvalue weighted by Crippen LogP contribution is -2.20. The average molecular weight is 316 g/mol. The van der Waals surface area contributed by atoms with Gasteiger partial charge in [-0.15, -0.1) is 0 Å². The summed E-state index contributed by atoms with van der Waals surface area (Å²) in [7, 11) is 0. The Kier molecular flexibility index (Phi) is 5.46. The van der Waals surface area contributed by atoms with Crippen LogP contribution in [0, 0.1) is 6.92 Å². The summed E-state index contributed by atoms with van der Waals surface area (Å²) in [6.45, 7) is 5.73. The van der Waals surface area contributed by atoms with E-state index in [1.165, 1.54) is 0 Å². The molecule has 0 aliphatic heterocycles. The minimum absolute atomic E-state index is 0.0127. The number of rotatable bonds is 6. The first-order valence-electron chi connectivity index (χ1n) is 7.51. The number of ether oxygens (including phenoxy) is 1. The fraction of sp³-hybridized carbons (Fsp3) is 0.375. The van der Waals surface area contributed by atoms with Crippen molar-refractivity contribution in [1.82, 2.24) is 15.0 Å². The molecule has 122 valence electrons. The number of pyridine rings is 1. The zero-order valence-electron chi connectivity index (χ0n) is 13.5. The second kappa shape index (κ2) is 7.53. The van der Waals surface area contributed by atoms with Crippen LogP contribution in [-0.2, 0) is 22.4 Å².